The van der Waals surface area contributed by atoms with E-state index in [0.29, 0.717) is 25.1 Å². The van der Waals surface area contributed by atoms with Gasteiger partial charge in [-0.1, -0.05) is 13.8 Å². The van der Waals surface area contributed by atoms with Crippen molar-refractivity contribution in [1.29, 1.82) is 0 Å². The van der Waals surface area contributed by atoms with Crippen LogP contribution in [0.15, 0.2) is 0 Å². The minimum atomic E-state index is -0.0322. The van der Waals surface area contributed by atoms with Crippen molar-refractivity contribution in [3.63, 3.8) is 0 Å². The van der Waals surface area contributed by atoms with Gasteiger partial charge in [-0.3, -0.25) is 5.43 Å². The third-order valence-corrected chi connectivity index (χ3v) is 2.71. The molecule has 8 heteroatoms. The zero-order valence-corrected chi connectivity index (χ0v) is 13.4. The second-order valence-electron chi connectivity index (χ2n) is 5.23. The molecule has 8 nitrogen and oxygen atoms in total. The fourth-order valence-corrected chi connectivity index (χ4v) is 1.56. The van der Waals surface area contributed by atoms with Crippen molar-refractivity contribution in [3.8, 4) is 6.01 Å². The standard InChI is InChI=1S/C13H26N6O2/c1-6-20-7-10(8(2)3)15-11-16-12(19-14)18-13(17-11)21-9(4)5/h8-10H,6-7,14H2,1-5H3,(H2,15,16,17,18,19). The lowest BCUT2D eigenvalue weighted by molar-refractivity contribution is 0.126. The van der Waals surface area contributed by atoms with Crippen LogP contribution >= 0.6 is 0 Å². The number of nitrogens with one attached hydrogen (secondary N) is 2. The minimum absolute atomic E-state index is 0.0322. The molecule has 0 radical (unpaired) electrons. The predicted molar refractivity (Wildman–Crippen MR) is 82.1 cm³/mol. The fourth-order valence-electron chi connectivity index (χ4n) is 1.56. The molecule has 0 saturated carbocycles. The van der Waals surface area contributed by atoms with Gasteiger partial charge in [0.15, 0.2) is 0 Å². The number of nitrogen functional groups attached to an aromatic ring is 1. The van der Waals surface area contributed by atoms with Crippen molar-refractivity contribution in [3.05, 3.63) is 0 Å². The van der Waals surface area contributed by atoms with Gasteiger partial charge in [0.1, 0.15) is 0 Å². The van der Waals surface area contributed by atoms with E-state index in [1.165, 1.54) is 0 Å². The van der Waals surface area contributed by atoms with Crippen LogP contribution in [0, 0.1) is 5.92 Å². The molecule has 0 fully saturated rings. The summed E-state index contributed by atoms with van der Waals surface area (Å²) in [6.45, 7) is 11.2. The monoisotopic (exact) mass is 298 g/mol. The Morgan fingerprint density at radius 3 is 2.29 bits per heavy atom. The van der Waals surface area contributed by atoms with Crippen molar-refractivity contribution < 1.29 is 9.47 Å². The highest BCUT2D eigenvalue weighted by atomic mass is 16.5. The molecule has 0 spiro atoms. The van der Waals surface area contributed by atoms with E-state index in [1.807, 2.05) is 20.8 Å². The SMILES string of the molecule is CCOCC(Nc1nc(NN)nc(OC(C)C)n1)C(C)C. The average molecular weight is 298 g/mol. The van der Waals surface area contributed by atoms with Gasteiger partial charge in [-0.2, -0.15) is 15.0 Å². The molecule has 1 atom stereocenters. The first-order valence-electron chi connectivity index (χ1n) is 7.19. The molecular formula is C13H26N6O2. The Hall–Kier alpha value is -1.67. The summed E-state index contributed by atoms with van der Waals surface area (Å²) >= 11 is 0. The van der Waals surface area contributed by atoms with Crippen molar-refractivity contribution in [2.24, 2.45) is 11.8 Å². The average Bonchev–Trinajstić information content (AvgIpc) is 2.42. The Kier molecular flexibility index (Phi) is 7.10. The number of nitrogens with two attached hydrogens (primary N) is 1. The van der Waals surface area contributed by atoms with E-state index in [9.17, 15) is 0 Å². The number of hydrazine groups is 1. The van der Waals surface area contributed by atoms with Gasteiger partial charge in [-0.05, 0) is 26.7 Å². The Morgan fingerprint density at radius 1 is 1.10 bits per heavy atom. The predicted octanol–water partition coefficient (Wildman–Crippen LogP) is 1.42. The van der Waals surface area contributed by atoms with Gasteiger partial charge in [-0.25, -0.2) is 5.84 Å². The van der Waals surface area contributed by atoms with Crippen LogP contribution < -0.4 is 21.3 Å². The zero-order chi connectivity index (χ0) is 15.8. The molecule has 1 aromatic heterocycles. The molecule has 0 aliphatic heterocycles. The number of hydrogen-bond acceptors (Lipinski definition) is 8. The van der Waals surface area contributed by atoms with E-state index in [4.69, 9.17) is 15.3 Å². The third-order valence-electron chi connectivity index (χ3n) is 2.71. The van der Waals surface area contributed by atoms with Crippen molar-refractivity contribution in [2.75, 3.05) is 24.0 Å². The van der Waals surface area contributed by atoms with E-state index in [-0.39, 0.29) is 24.1 Å². The Labute approximate surface area is 125 Å². The summed E-state index contributed by atoms with van der Waals surface area (Å²) in [5.74, 6) is 6.40. The van der Waals surface area contributed by atoms with Crippen LogP contribution in [0.3, 0.4) is 0 Å². The molecule has 0 amide bonds. The molecular weight excluding hydrogens is 272 g/mol. The molecule has 0 bridgehead atoms. The Morgan fingerprint density at radius 2 is 1.76 bits per heavy atom. The highest BCUT2D eigenvalue weighted by Crippen LogP contribution is 2.15. The van der Waals surface area contributed by atoms with Crippen molar-refractivity contribution in [1.82, 2.24) is 15.0 Å². The fraction of sp³-hybridized carbons (Fsp3) is 0.769. The summed E-state index contributed by atoms with van der Waals surface area (Å²) in [5.41, 5.74) is 2.41. The quantitative estimate of drug-likeness (QED) is 0.464. The van der Waals surface area contributed by atoms with E-state index in [2.05, 4.69) is 39.5 Å². The molecule has 21 heavy (non-hydrogen) atoms. The number of aromatic nitrogens is 3. The Balaban J connectivity index is 2.88. The normalized spacial score (nSPS) is 12.6. The number of rotatable bonds is 9. The third kappa shape index (κ3) is 6.09. The molecule has 0 saturated heterocycles. The van der Waals surface area contributed by atoms with Crippen molar-refractivity contribution >= 4 is 11.9 Å². The molecule has 4 N–H and O–H groups in total. The highest BCUT2D eigenvalue weighted by Gasteiger charge is 2.16. The van der Waals surface area contributed by atoms with E-state index < -0.39 is 0 Å². The number of anilines is 2. The first-order chi connectivity index (χ1) is 9.96. The lowest BCUT2D eigenvalue weighted by Crippen LogP contribution is -2.32. The maximum atomic E-state index is 5.49. The van der Waals surface area contributed by atoms with Gasteiger partial charge in [-0.15, -0.1) is 0 Å². The number of nitrogens with zero attached hydrogens (tertiary/aromatic N) is 3. The van der Waals surface area contributed by atoms with Crippen LogP contribution in [-0.4, -0.2) is 40.3 Å². The second-order valence-corrected chi connectivity index (χ2v) is 5.23. The van der Waals surface area contributed by atoms with Gasteiger partial charge in [0, 0.05) is 6.61 Å². The highest BCUT2D eigenvalue weighted by molar-refractivity contribution is 5.35. The largest absolute Gasteiger partial charge is 0.461 e. The molecule has 1 aromatic rings. The van der Waals surface area contributed by atoms with Crippen LogP contribution in [0.4, 0.5) is 11.9 Å². The van der Waals surface area contributed by atoms with Crippen LogP contribution in [0.5, 0.6) is 6.01 Å². The molecule has 1 heterocycles. The van der Waals surface area contributed by atoms with Crippen molar-refractivity contribution in [2.45, 2.75) is 46.8 Å². The maximum Gasteiger partial charge on any atom is 0.323 e. The van der Waals surface area contributed by atoms with Gasteiger partial charge in [0.05, 0.1) is 18.8 Å². The Bertz CT molecular complexity index is 427. The molecule has 0 aliphatic rings. The molecule has 120 valence electrons. The lowest BCUT2D eigenvalue weighted by atomic mass is 10.1. The van der Waals surface area contributed by atoms with Gasteiger partial charge in [0.2, 0.25) is 11.9 Å². The van der Waals surface area contributed by atoms with E-state index >= 15 is 0 Å². The van der Waals surface area contributed by atoms with Crippen LogP contribution in [-0.2, 0) is 4.74 Å². The van der Waals surface area contributed by atoms with Gasteiger partial charge < -0.3 is 14.8 Å². The summed E-state index contributed by atoms with van der Waals surface area (Å²) in [6.07, 6.45) is -0.0322. The van der Waals surface area contributed by atoms with E-state index in [1.54, 1.807) is 0 Å². The summed E-state index contributed by atoms with van der Waals surface area (Å²) < 4.78 is 11.0. The summed E-state index contributed by atoms with van der Waals surface area (Å²) in [7, 11) is 0. The zero-order valence-electron chi connectivity index (χ0n) is 13.4. The number of ether oxygens (including phenoxy) is 2. The topological polar surface area (TPSA) is 107 Å². The molecule has 1 rings (SSSR count). The van der Waals surface area contributed by atoms with Gasteiger partial charge >= 0.3 is 6.01 Å². The summed E-state index contributed by atoms with van der Waals surface area (Å²) in [4.78, 5) is 12.5. The van der Waals surface area contributed by atoms with Crippen LogP contribution in [0.1, 0.15) is 34.6 Å². The second kappa shape index (κ2) is 8.58. The molecule has 0 aliphatic carbocycles. The van der Waals surface area contributed by atoms with Gasteiger partial charge in [0.25, 0.3) is 0 Å². The minimum Gasteiger partial charge on any atom is -0.461 e. The van der Waals surface area contributed by atoms with Crippen LogP contribution in [0.25, 0.3) is 0 Å². The summed E-state index contributed by atoms with van der Waals surface area (Å²) in [6, 6.07) is 0.319. The first-order valence-corrected chi connectivity index (χ1v) is 7.19. The number of hydrogen-bond donors (Lipinski definition) is 3. The first kappa shape index (κ1) is 17.4. The van der Waals surface area contributed by atoms with Crippen LogP contribution in [0.2, 0.25) is 0 Å². The van der Waals surface area contributed by atoms with E-state index in [0.717, 1.165) is 0 Å². The summed E-state index contributed by atoms with van der Waals surface area (Å²) in [5, 5.41) is 3.24. The molecule has 1 unspecified atom stereocenters. The lowest BCUT2D eigenvalue weighted by Gasteiger charge is -2.22. The maximum absolute atomic E-state index is 5.49. The molecule has 0 aromatic carbocycles. The smallest absolute Gasteiger partial charge is 0.323 e.